The van der Waals surface area contributed by atoms with E-state index in [0.29, 0.717) is 18.8 Å². The Bertz CT molecular complexity index is 1180. The minimum atomic E-state index is -0.782. The number of amides is 4. The molecule has 9 N–H and O–H groups in total. The molecule has 3 rings (SSSR count). The van der Waals surface area contributed by atoms with E-state index in [4.69, 9.17) is 11.1 Å². The number of rotatable bonds is 10. The second kappa shape index (κ2) is 11.0. The van der Waals surface area contributed by atoms with Crippen molar-refractivity contribution in [3.8, 4) is 5.75 Å². The summed E-state index contributed by atoms with van der Waals surface area (Å²) in [6.45, 7) is 2.59. The van der Waals surface area contributed by atoms with Crippen LogP contribution in [0.15, 0.2) is 22.4 Å². The lowest BCUT2D eigenvalue weighted by Crippen LogP contribution is -2.72. The van der Waals surface area contributed by atoms with Crippen LogP contribution in [0.4, 0.5) is 9.93 Å². The Kier molecular flexibility index (Phi) is 8.03. The molecule has 3 unspecified atom stereocenters. The van der Waals surface area contributed by atoms with Crippen LogP contribution in [0, 0.1) is 5.41 Å². The van der Waals surface area contributed by atoms with Crippen LogP contribution in [0.2, 0.25) is 0 Å². The first-order chi connectivity index (χ1) is 16.6. The molecular weight excluding hydrogens is 478 g/mol. The van der Waals surface area contributed by atoms with E-state index in [9.17, 15) is 24.3 Å². The smallest absolute Gasteiger partial charge is 0.315 e. The van der Waals surface area contributed by atoms with Gasteiger partial charge in [0, 0.05) is 49.5 Å². The molecule has 0 radical (unpaired) electrons. The van der Waals surface area contributed by atoms with Gasteiger partial charge in [-0.25, -0.2) is 9.78 Å². The van der Waals surface area contributed by atoms with Gasteiger partial charge in [0.2, 0.25) is 11.3 Å². The summed E-state index contributed by atoms with van der Waals surface area (Å²) >= 11 is 1.11. The summed E-state index contributed by atoms with van der Waals surface area (Å²) in [6.07, 6.45) is 1.15. The third-order valence-corrected chi connectivity index (χ3v) is 6.03. The highest BCUT2D eigenvalue weighted by Gasteiger charge is 2.45. The van der Waals surface area contributed by atoms with E-state index in [0.717, 1.165) is 17.5 Å². The molecule has 2 aromatic heterocycles. The maximum atomic E-state index is 12.4. The normalized spacial score (nSPS) is 17.9. The largest absolute Gasteiger partial charge is 0.503 e. The molecule has 4 amide bonds. The summed E-state index contributed by atoms with van der Waals surface area (Å²) in [5, 5.41) is 30.0. The number of aromatic amines is 1. The number of nitrogens with zero attached hydrogens (tertiary/aromatic N) is 2. The number of thiazole rings is 1. The van der Waals surface area contributed by atoms with Crippen molar-refractivity contribution in [2.24, 2.45) is 0 Å². The fourth-order valence-electron chi connectivity index (χ4n) is 3.39. The first-order valence-corrected chi connectivity index (χ1v) is 11.5. The first kappa shape index (κ1) is 25.6. The molecule has 3 heterocycles. The summed E-state index contributed by atoms with van der Waals surface area (Å²) in [4.78, 5) is 56.2. The number of nitrogens with one attached hydrogen (secondary N) is 6. The topological polar surface area (TPSA) is 218 Å². The third kappa shape index (κ3) is 6.33. The number of pyridine rings is 1. The third-order valence-electron chi connectivity index (χ3n) is 5.36. The molecule has 0 aromatic carbocycles. The highest BCUT2D eigenvalue weighted by molar-refractivity contribution is 7.13. The van der Waals surface area contributed by atoms with Crippen LogP contribution in [-0.4, -0.2) is 81.8 Å². The van der Waals surface area contributed by atoms with Crippen LogP contribution < -0.4 is 32.4 Å². The molecule has 1 fully saturated rings. The zero-order valence-corrected chi connectivity index (χ0v) is 19.9. The number of hydrogen-bond donors (Lipinski definition) is 8. The van der Waals surface area contributed by atoms with Gasteiger partial charge in [-0.2, -0.15) is 0 Å². The minimum absolute atomic E-state index is 0.0698. The molecule has 0 aliphatic carbocycles. The van der Waals surface area contributed by atoms with Gasteiger partial charge in [0.1, 0.15) is 17.4 Å². The van der Waals surface area contributed by atoms with Crippen LogP contribution in [0.3, 0.4) is 0 Å². The predicted octanol–water partition coefficient (Wildman–Crippen LogP) is -1.71. The Hall–Kier alpha value is -3.98. The number of carbonyl (C=O) groups is 3. The molecule has 14 nitrogen and oxygen atoms in total. The summed E-state index contributed by atoms with van der Waals surface area (Å²) in [5.74, 6) is -1.39. The van der Waals surface area contributed by atoms with Crippen LogP contribution in [0.25, 0.3) is 0 Å². The van der Waals surface area contributed by atoms with E-state index in [-0.39, 0.29) is 41.1 Å². The van der Waals surface area contributed by atoms with Crippen molar-refractivity contribution in [2.45, 2.75) is 31.6 Å². The highest BCUT2D eigenvalue weighted by atomic mass is 32.1. The lowest BCUT2D eigenvalue weighted by molar-refractivity contribution is -0.150. The van der Waals surface area contributed by atoms with Gasteiger partial charge in [0.15, 0.2) is 10.9 Å². The van der Waals surface area contributed by atoms with Gasteiger partial charge in [-0.05, 0) is 6.92 Å². The van der Waals surface area contributed by atoms with Gasteiger partial charge in [-0.3, -0.25) is 19.8 Å². The van der Waals surface area contributed by atoms with E-state index >= 15 is 0 Å². The number of β-lactam (4-membered cyclic amide) rings is 1. The van der Waals surface area contributed by atoms with Crippen molar-refractivity contribution in [1.29, 1.82) is 5.41 Å². The number of H-pyrrole nitrogens is 1. The Morgan fingerprint density at radius 3 is 2.80 bits per heavy atom. The number of likely N-dealkylation sites (N-methyl/N-ethyl adjacent to an activating group) is 1. The fraction of sp³-hybridized carbons (Fsp3) is 0.400. The Labute approximate surface area is 203 Å². The number of likely N-dealkylation sites (tertiary alicyclic amines) is 1. The summed E-state index contributed by atoms with van der Waals surface area (Å²) in [7, 11) is 1.62. The molecular formula is C20H27N9O5S. The fourth-order valence-corrected chi connectivity index (χ4v) is 3.94. The monoisotopic (exact) mass is 505 g/mol. The quantitative estimate of drug-likeness (QED) is 0.137. The summed E-state index contributed by atoms with van der Waals surface area (Å²) in [6, 6.07) is -0.635. The van der Waals surface area contributed by atoms with Gasteiger partial charge < -0.3 is 42.0 Å². The molecule has 0 spiro atoms. The molecule has 1 aliphatic heterocycles. The lowest BCUT2D eigenvalue weighted by atomic mass is 9.95. The van der Waals surface area contributed by atoms with Crippen molar-refractivity contribution in [2.75, 3.05) is 25.9 Å². The Morgan fingerprint density at radius 2 is 2.14 bits per heavy atom. The van der Waals surface area contributed by atoms with E-state index < -0.39 is 29.2 Å². The van der Waals surface area contributed by atoms with Crippen LogP contribution in [-0.2, 0) is 16.1 Å². The zero-order valence-electron chi connectivity index (χ0n) is 19.0. The average Bonchev–Trinajstić information content (AvgIpc) is 3.26. The van der Waals surface area contributed by atoms with Gasteiger partial charge >= 0.3 is 6.03 Å². The van der Waals surface area contributed by atoms with E-state index in [1.807, 2.05) is 0 Å². The van der Waals surface area contributed by atoms with Crippen LogP contribution in [0.5, 0.6) is 5.75 Å². The zero-order chi connectivity index (χ0) is 25.7. The van der Waals surface area contributed by atoms with Gasteiger partial charge in [0.05, 0.1) is 12.6 Å². The summed E-state index contributed by atoms with van der Waals surface area (Å²) in [5.41, 5.74) is 5.21. The van der Waals surface area contributed by atoms with Crippen LogP contribution >= 0.6 is 11.3 Å². The molecule has 35 heavy (non-hydrogen) atoms. The van der Waals surface area contributed by atoms with Crippen molar-refractivity contribution in [1.82, 2.24) is 36.1 Å². The number of nitrogens with two attached hydrogens (primary N) is 1. The second-order valence-corrected chi connectivity index (χ2v) is 8.90. The van der Waals surface area contributed by atoms with Crippen molar-refractivity contribution < 1.29 is 19.5 Å². The van der Waals surface area contributed by atoms with E-state index in [1.165, 1.54) is 16.3 Å². The Morgan fingerprint density at radius 1 is 1.40 bits per heavy atom. The lowest BCUT2D eigenvalue weighted by Gasteiger charge is -2.45. The molecule has 3 atom stereocenters. The van der Waals surface area contributed by atoms with Crippen molar-refractivity contribution >= 4 is 40.0 Å². The molecule has 15 heteroatoms. The van der Waals surface area contributed by atoms with Crippen molar-refractivity contribution in [3.05, 3.63) is 39.3 Å². The number of nitrogen functional groups attached to an aromatic ring is 1. The second-order valence-electron chi connectivity index (χ2n) is 8.01. The summed E-state index contributed by atoms with van der Waals surface area (Å²) < 4.78 is 0. The SMILES string of the molecule is CC(CNCC1C(NC(=O)C(=N)c2csc(N)n2)C(=O)N1C)NC(=O)NCc1cc(=O)c(O)c[nH]1. The van der Waals surface area contributed by atoms with Gasteiger partial charge in [-0.15, -0.1) is 11.3 Å². The molecule has 1 saturated heterocycles. The van der Waals surface area contributed by atoms with Gasteiger partial charge in [-0.1, -0.05) is 0 Å². The predicted molar refractivity (Wildman–Crippen MR) is 128 cm³/mol. The highest BCUT2D eigenvalue weighted by Crippen LogP contribution is 2.18. The maximum Gasteiger partial charge on any atom is 0.315 e. The number of urea groups is 1. The molecule has 188 valence electrons. The number of carbonyl (C=O) groups excluding carboxylic acids is 3. The minimum Gasteiger partial charge on any atom is -0.503 e. The number of anilines is 1. The van der Waals surface area contributed by atoms with Crippen LogP contribution in [0.1, 0.15) is 18.3 Å². The average molecular weight is 506 g/mol. The van der Waals surface area contributed by atoms with Crippen molar-refractivity contribution in [3.63, 3.8) is 0 Å². The Balaban J connectivity index is 1.40. The van der Waals surface area contributed by atoms with Gasteiger partial charge in [0.25, 0.3) is 5.91 Å². The first-order valence-electron chi connectivity index (χ1n) is 10.6. The molecule has 1 aliphatic rings. The molecule has 2 aromatic rings. The molecule has 0 saturated carbocycles. The maximum absolute atomic E-state index is 12.4. The molecule has 0 bridgehead atoms. The standard InChI is InChI=1S/C20H27N9O5S/c1-9(26-20(34)25-5-10-3-13(30)14(31)7-24-10)4-23-6-12-16(18(33)29(12)2)28-17(32)15(21)11-8-35-19(22)27-11/h3,7-9,12,16,21,23,31H,4-6H2,1-2H3,(H2,22,27)(H,24,30)(H,28,32)(H2,25,26,34). The number of aromatic hydroxyl groups is 1. The number of hydrogen-bond acceptors (Lipinski definition) is 10. The number of aromatic nitrogens is 2. The van der Waals surface area contributed by atoms with E-state index in [2.05, 4.69) is 31.2 Å². The van der Waals surface area contributed by atoms with E-state index in [1.54, 1.807) is 14.0 Å².